The molecule has 6 nitrogen and oxygen atoms in total. The summed E-state index contributed by atoms with van der Waals surface area (Å²) in [7, 11) is 1.85. The highest BCUT2D eigenvalue weighted by atomic mass is 16.2. The maximum atomic E-state index is 13.0. The first kappa shape index (κ1) is 14.8. The summed E-state index contributed by atoms with van der Waals surface area (Å²) in [5, 5.41) is 1.81. The van der Waals surface area contributed by atoms with Crippen molar-refractivity contribution in [1.29, 1.82) is 0 Å². The average Bonchev–Trinajstić information content (AvgIpc) is 3.06. The lowest BCUT2D eigenvalue weighted by Gasteiger charge is -2.31. The van der Waals surface area contributed by atoms with Gasteiger partial charge in [0.05, 0.1) is 12.0 Å². The second-order valence-corrected chi connectivity index (χ2v) is 6.81. The number of hydrazine groups is 1. The Bertz CT molecular complexity index is 614. The molecule has 1 saturated carbocycles. The maximum absolute atomic E-state index is 13.0. The number of fused-ring (bicyclic) bond motifs is 1. The molecule has 4 rings (SSSR count). The summed E-state index contributed by atoms with van der Waals surface area (Å²) < 4.78 is 0. The number of nitrogens with zero attached hydrogens (tertiary/aromatic N) is 3. The number of rotatable bonds is 2. The number of carbonyl (C=O) groups excluding carboxylic acids is 2. The van der Waals surface area contributed by atoms with E-state index in [0.29, 0.717) is 0 Å². The largest absolute Gasteiger partial charge is 0.278 e. The molecule has 1 aromatic rings. The topological polar surface area (TPSA) is 65.5 Å². The monoisotopic (exact) mass is 314 g/mol. The van der Waals surface area contributed by atoms with E-state index < -0.39 is 6.04 Å². The minimum atomic E-state index is -0.394. The Balaban J connectivity index is 1.65. The molecule has 0 spiro atoms. The molecule has 0 unspecified atom stereocenters. The van der Waals surface area contributed by atoms with Gasteiger partial charge in [-0.25, -0.2) is 10.4 Å². The zero-order chi connectivity index (χ0) is 16.0. The molecule has 2 aliphatic heterocycles. The number of nitrogens with one attached hydrogen (secondary N) is 1. The van der Waals surface area contributed by atoms with Gasteiger partial charge in [-0.3, -0.25) is 19.5 Å². The van der Waals surface area contributed by atoms with E-state index >= 15 is 0 Å². The molecular formula is C17H22N4O2. The van der Waals surface area contributed by atoms with Gasteiger partial charge < -0.3 is 0 Å². The Morgan fingerprint density at radius 2 is 1.96 bits per heavy atom. The molecule has 122 valence electrons. The number of hydrogen-bond acceptors (Lipinski definition) is 5. The number of hydrogen-bond donors (Lipinski definition) is 1. The van der Waals surface area contributed by atoms with E-state index in [2.05, 4.69) is 10.4 Å². The Hall–Kier alpha value is -1.79. The highest BCUT2D eigenvalue weighted by Gasteiger charge is 2.58. The van der Waals surface area contributed by atoms with Gasteiger partial charge in [0.1, 0.15) is 6.04 Å². The molecule has 0 bridgehead atoms. The average molecular weight is 314 g/mol. The van der Waals surface area contributed by atoms with Crippen molar-refractivity contribution in [3.8, 4) is 0 Å². The van der Waals surface area contributed by atoms with Gasteiger partial charge in [-0.2, -0.15) is 0 Å². The molecule has 1 aliphatic carbocycles. The van der Waals surface area contributed by atoms with Crippen LogP contribution < -0.4 is 5.43 Å². The summed E-state index contributed by atoms with van der Waals surface area (Å²) in [6, 6.07) is 3.35. The Morgan fingerprint density at radius 1 is 1.17 bits per heavy atom. The van der Waals surface area contributed by atoms with Crippen molar-refractivity contribution in [3.63, 3.8) is 0 Å². The molecule has 2 amide bonds. The van der Waals surface area contributed by atoms with Crippen LogP contribution in [0.5, 0.6) is 0 Å². The third-order valence-electron chi connectivity index (χ3n) is 5.46. The van der Waals surface area contributed by atoms with E-state index in [4.69, 9.17) is 0 Å². The van der Waals surface area contributed by atoms with E-state index in [1.54, 1.807) is 17.3 Å². The minimum Gasteiger partial charge on any atom is -0.278 e. The van der Waals surface area contributed by atoms with E-state index in [0.717, 1.165) is 31.2 Å². The van der Waals surface area contributed by atoms with Gasteiger partial charge >= 0.3 is 0 Å². The molecule has 1 aromatic heterocycles. The van der Waals surface area contributed by atoms with Crippen LogP contribution in [-0.2, 0) is 9.59 Å². The number of aromatic nitrogens is 1. The highest BCUT2D eigenvalue weighted by molar-refractivity contribution is 6.08. The third kappa shape index (κ3) is 2.28. The van der Waals surface area contributed by atoms with Gasteiger partial charge in [0.15, 0.2) is 0 Å². The fraction of sp³-hybridized carbons (Fsp3) is 0.588. The molecule has 1 N–H and O–H groups in total. The quantitative estimate of drug-likeness (QED) is 0.833. The fourth-order valence-electron chi connectivity index (χ4n) is 4.35. The number of imide groups is 1. The number of amides is 2. The van der Waals surface area contributed by atoms with Crippen molar-refractivity contribution >= 4 is 11.8 Å². The van der Waals surface area contributed by atoms with Gasteiger partial charge in [0, 0.05) is 25.5 Å². The Kier molecular flexibility index (Phi) is 3.66. The van der Waals surface area contributed by atoms with Crippen LogP contribution in [0.1, 0.15) is 43.7 Å². The molecule has 0 radical (unpaired) electrons. The van der Waals surface area contributed by atoms with Gasteiger partial charge in [-0.1, -0.05) is 25.3 Å². The first-order chi connectivity index (χ1) is 11.2. The summed E-state index contributed by atoms with van der Waals surface area (Å²) in [6.07, 6.45) is 8.81. The molecule has 3 heterocycles. The second-order valence-electron chi connectivity index (χ2n) is 6.81. The number of likely N-dealkylation sites (tertiary alicyclic amines) is 1. The van der Waals surface area contributed by atoms with Crippen molar-refractivity contribution in [1.82, 2.24) is 20.3 Å². The van der Waals surface area contributed by atoms with Gasteiger partial charge in [-0.05, 0) is 24.5 Å². The lowest BCUT2D eigenvalue weighted by Crippen LogP contribution is -2.47. The Labute approximate surface area is 135 Å². The third-order valence-corrected chi connectivity index (χ3v) is 5.46. The van der Waals surface area contributed by atoms with Crippen LogP contribution in [0.25, 0.3) is 0 Å². The van der Waals surface area contributed by atoms with Crippen molar-refractivity contribution in [3.05, 3.63) is 30.1 Å². The SMILES string of the molecule is CN1N[C@@H](c2cccnc2)[C@H]2C(=O)N(C3CCCCC3)C(=O)[C@H]21. The number of pyridine rings is 1. The predicted octanol–water partition coefficient (Wildman–Crippen LogP) is 1.26. The minimum absolute atomic E-state index is 0.0161. The number of carbonyl (C=O) groups is 2. The zero-order valence-electron chi connectivity index (χ0n) is 13.3. The molecule has 2 saturated heterocycles. The van der Waals surface area contributed by atoms with E-state index in [-0.39, 0.29) is 29.8 Å². The highest BCUT2D eigenvalue weighted by Crippen LogP contribution is 2.41. The standard InChI is InChI=1S/C17H22N4O2/c1-20-15-13(14(19-20)11-6-5-9-18-10-11)16(22)21(17(15)23)12-7-3-2-4-8-12/h5-6,9-10,12-15,19H,2-4,7-8H2,1H3/t13-,14+,15+/m1/s1. The lowest BCUT2D eigenvalue weighted by atomic mass is 9.91. The molecule has 23 heavy (non-hydrogen) atoms. The molecule has 0 aromatic carbocycles. The van der Waals surface area contributed by atoms with Crippen LogP contribution >= 0.6 is 0 Å². The summed E-state index contributed by atoms with van der Waals surface area (Å²) in [5.74, 6) is -0.399. The van der Waals surface area contributed by atoms with E-state index in [1.807, 2.05) is 24.2 Å². The Morgan fingerprint density at radius 3 is 2.65 bits per heavy atom. The van der Waals surface area contributed by atoms with Crippen LogP contribution in [0.15, 0.2) is 24.5 Å². The van der Waals surface area contributed by atoms with Gasteiger partial charge in [0.2, 0.25) is 11.8 Å². The van der Waals surface area contributed by atoms with Crippen molar-refractivity contribution in [2.75, 3.05) is 7.05 Å². The summed E-state index contributed by atoms with van der Waals surface area (Å²) in [6.45, 7) is 0. The van der Waals surface area contributed by atoms with Crippen molar-refractivity contribution in [2.24, 2.45) is 5.92 Å². The molecule has 3 fully saturated rings. The molecule has 3 aliphatic rings. The van der Waals surface area contributed by atoms with Crippen LogP contribution in [0.2, 0.25) is 0 Å². The van der Waals surface area contributed by atoms with Gasteiger partial charge in [0.25, 0.3) is 0 Å². The maximum Gasteiger partial charge on any atom is 0.249 e. The van der Waals surface area contributed by atoms with Crippen molar-refractivity contribution < 1.29 is 9.59 Å². The molecule has 3 atom stereocenters. The van der Waals surface area contributed by atoms with Crippen LogP contribution in [0.3, 0.4) is 0 Å². The molecule has 6 heteroatoms. The summed E-state index contributed by atoms with van der Waals surface area (Å²) in [4.78, 5) is 31.7. The second kappa shape index (κ2) is 5.69. The number of likely N-dealkylation sites (N-methyl/N-ethyl adjacent to an activating group) is 1. The first-order valence-corrected chi connectivity index (χ1v) is 8.44. The zero-order valence-corrected chi connectivity index (χ0v) is 13.3. The summed E-state index contributed by atoms with van der Waals surface area (Å²) in [5.41, 5.74) is 4.24. The van der Waals surface area contributed by atoms with Gasteiger partial charge in [-0.15, -0.1) is 0 Å². The van der Waals surface area contributed by atoms with Crippen LogP contribution in [-0.4, -0.2) is 45.8 Å². The summed E-state index contributed by atoms with van der Waals surface area (Å²) >= 11 is 0. The predicted molar refractivity (Wildman–Crippen MR) is 83.9 cm³/mol. The van der Waals surface area contributed by atoms with E-state index in [1.165, 1.54) is 6.42 Å². The van der Waals surface area contributed by atoms with Crippen LogP contribution in [0.4, 0.5) is 0 Å². The lowest BCUT2D eigenvalue weighted by molar-refractivity contribution is -0.144. The molecular weight excluding hydrogens is 292 g/mol. The first-order valence-electron chi connectivity index (χ1n) is 8.44. The van der Waals surface area contributed by atoms with Crippen molar-refractivity contribution in [2.45, 2.75) is 50.2 Å². The van der Waals surface area contributed by atoms with E-state index in [9.17, 15) is 9.59 Å². The smallest absolute Gasteiger partial charge is 0.249 e. The van der Waals surface area contributed by atoms with Crippen LogP contribution in [0, 0.1) is 5.92 Å². The fourth-order valence-corrected chi connectivity index (χ4v) is 4.35. The normalized spacial score (nSPS) is 32.6.